The normalized spacial score (nSPS) is 13.4. The lowest BCUT2D eigenvalue weighted by Crippen LogP contribution is -2.30. The lowest BCUT2D eigenvalue weighted by molar-refractivity contribution is 0.238. The van der Waals surface area contributed by atoms with E-state index in [1.54, 1.807) is 21.3 Å². The first kappa shape index (κ1) is 21.1. The minimum Gasteiger partial charge on any atom is -0.497 e. The number of methoxy groups -OCH3 is 3. The van der Waals surface area contributed by atoms with E-state index < -0.39 is 0 Å². The van der Waals surface area contributed by atoms with Crippen molar-refractivity contribution in [2.45, 2.75) is 26.1 Å². The van der Waals surface area contributed by atoms with Crippen LogP contribution in [0.5, 0.6) is 23.0 Å². The number of benzene rings is 3. The molecule has 0 bridgehead atoms. The monoisotopic (exact) mass is 419 g/mol. The molecule has 3 aromatic carbocycles. The molecule has 0 saturated carbocycles. The van der Waals surface area contributed by atoms with E-state index in [2.05, 4.69) is 35.2 Å². The Labute approximate surface area is 184 Å². The SMILES string of the molecule is COc1ccc(OC)c(CN2CCc3cc(OCc4ccccc4)c(OC)cc3C2)c1. The third-order valence-corrected chi connectivity index (χ3v) is 5.70. The molecule has 3 aromatic rings. The van der Waals surface area contributed by atoms with Crippen LogP contribution in [0.1, 0.15) is 22.3 Å². The highest BCUT2D eigenvalue weighted by atomic mass is 16.5. The van der Waals surface area contributed by atoms with Crippen molar-refractivity contribution in [1.82, 2.24) is 4.90 Å². The maximum atomic E-state index is 6.09. The molecule has 1 aliphatic rings. The van der Waals surface area contributed by atoms with Gasteiger partial charge in [0.1, 0.15) is 18.1 Å². The predicted octanol–water partition coefficient (Wildman–Crippen LogP) is 4.85. The van der Waals surface area contributed by atoms with Crippen molar-refractivity contribution in [2.24, 2.45) is 0 Å². The number of ether oxygens (including phenoxy) is 4. The van der Waals surface area contributed by atoms with Gasteiger partial charge in [0.2, 0.25) is 0 Å². The number of nitrogens with zero attached hydrogens (tertiary/aromatic N) is 1. The van der Waals surface area contributed by atoms with Crippen LogP contribution >= 0.6 is 0 Å². The maximum absolute atomic E-state index is 6.09. The van der Waals surface area contributed by atoms with Crippen LogP contribution in [0.3, 0.4) is 0 Å². The van der Waals surface area contributed by atoms with E-state index in [-0.39, 0.29) is 0 Å². The summed E-state index contributed by atoms with van der Waals surface area (Å²) >= 11 is 0. The molecule has 0 radical (unpaired) electrons. The molecule has 0 N–H and O–H groups in total. The molecule has 0 unspecified atom stereocenters. The molecule has 5 nitrogen and oxygen atoms in total. The summed E-state index contributed by atoms with van der Waals surface area (Å²) in [7, 11) is 5.09. The Bertz CT molecular complexity index is 1020. The quantitative estimate of drug-likeness (QED) is 0.522. The topological polar surface area (TPSA) is 40.2 Å². The van der Waals surface area contributed by atoms with Crippen molar-refractivity contribution in [1.29, 1.82) is 0 Å². The Morgan fingerprint density at radius 3 is 2.29 bits per heavy atom. The lowest BCUT2D eigenvalue weighted by atomic mass is 9.98. The van der Waals surface area contributed by atoms with Gasteiger partial charge < -0.3 is 18.9 Å². The van der Waals surface area contributed by atoms with E-state index in [9.17, 15) is 0 Å². The zero-order chi connectivity index (χ0) is 21.6. The number of fused-ring (bicyclic) bond motifs is 1. The Kier molecular flexibility index (Phi) is 6.63. The summed E-state index contributed by atoms with van der Waals surface area (Å²) in [5.74, 6) is 3.30. The lowest BCUT2D eigenvalue weighted by Gasteiger charge is -2.30. The van der Waals surface area contributed by atoms with E-state index in [1.165, 1.54) is 11.1 Å². The standard InChI is InChI=1S/C26H29NO4/c1-28-23-9-10-24(29-2)22(13-23)17-27-12-11-20-14-26(25(30-3)15-21(20)16-27)31-18-19-7-5-4-6-8-19/h4-10,13-15H,11-12,16-18H2,1-3H3. The van der Waals surface area contributed by atoms with Crippen molar-refractivity contribution in [2.75, 3.05) is 27.9 Å². The Morgan fingerprint density at radius 1 is 0.774 bits per heavy atom. The third-order valence-electron chi connectivity index (χ3n) is 5.70. The fraction of sp³-hybridized carbons (Fsp3) is 0.308. The first-order valence-corrected chi connectivity index (χ1v) is 10.5. The van der Waals surface area contributed by atoms with Gasteiger partial charge in [0.05, 0.1) is 21.3 Å². The van der Waals surface area contributed by atoms with Crippen LogP contribution in [-0.2, 0) is 26.1 Å². The zero-order valence-corrected chi connectivity index (χ0v) is 18.4. The molecule has 31 heavy (non-hydrogen) atoms. The molecule has 0 aliphatic carbocycles. The molecular weight excluding hydrogens is 390 g/mol. The molecule has 1 heterocycles. The molecule has 0 spiro atoms. The second kappa shape index (κ2) is 9.75. The molecular formula is C26H29NO4. The van der Waals surface area contributed by atoms with Crippen molar-refractivity contribution < 1.29 is 18.9 Å². The molecule has 5 heteroatoms. The van der Waals surface area contributed by atoms with Crippen LogP contribution in [0.15, 0.2) is 60.7 Å². The number of hydrogen-bond acceptors (Lipinski definition) is 5. The summed E-state index contributed by atoms with van der Waals surface area (Å²) in [5, 5.41) is 0. The first-order chi connectivity index (χ1) is 15.2. The molecule has 162 valence electrons. The Hall–Kier alpha value is -3.18. The van der Waals surface area contributed by atoms with Gasteiger partial charge >= 0.3 is 0 Å². The summed E-state index contributed by atoms with van der Waals surface area (Å²) in [4.78, 5) is 2.42. The Balaban J connectivity index is 1.49. The van der Waals surface area contributed by atoms with E-state index in [4.69, 9.17) is 18.9 Å². The highest BCUT2D eigenvalue weighted by Crippen LogP contribution is 2.35. The van der Waals surface area contributed by atoms with Gasteiger partial charge in [-0.25, -0.2) is 0 Å². The number of hydrogen-bond donors (Lipinski definition) is 0. The highest BCUT2D eigenvalue weighted by molar-refractivity contribution is 5.48. The largest absolute Gasteiger partial charge is 0.497 e. The van der Waals surface area contributed by atoms with Crippen LogP contribution in [0.4, 0.5) is 0 Å². The highest BCUT2D eigenvalue weighted by Gasteiger charge is 2.21. The van der Waals surface area contributed by atoms with Crippen LogP contribution in [-0.4, -0.2) is 32.8 Å². The fourth-order valence-corrected chi connectivity index (χ4v) is 4.01. The summed E-state index contributed by atoms with van der Waals surface area (Å²) in [5.41, 5.74) is 4.86. The van der Waals surface area contributed by atoms with Gasteiger partial charge in [-0.3, -0.25) is 4.90 Å². The summed E-state index contributed by atoms with van der Waals surface area (Å²) in [6.07, 6.45) is 0.966. The maximum Gasteiger partial charge on any atom is 0.161 e. The molecule has 0 saturated heterocycles. The number of rotatable bonds is 8. The second-order valence-electron chi connectivity index (χ2n) is 7.68. The average Bonchev–Trinajstić information content (AvgIpc) is 2.82. The Morgan fingerprint density at radius 2 is 1.55 bits per heavy atom. The smallest absolute Gasteiger partial charge is 0.161 e. The van der Waals surface area contributed by atoms with Crippen molar-refractivity contribution in [3.05, 3.63) is 82.9 Å². The molecule has 0 atom stereocenters. The van der Waals surface area contributed by atoms with Crippen LogP contribution in [0.25, 0.3) is 0 Å². The van der Waals surface area contributed by atoms with E-state index in [0.717, 1.165) is 60.2 Å². The van der Waals surface area contributed by atoms with Crippen LogP contribution in [0, 0.1) is 0 Å². The minimum absolute atomic E-state index is 0.526. The third kappa shape index (κ3) is 4.94. The molecule has 4 rings (SSSR count). The molecule has 0 fully saturated rings. The van der Waals surface area contributed by atoms with E-state index in [1.807, 2.05) is 30.3 Å². The predicted molar refractivity (Wildman–Crippen MR) is 121 cm³/mol. The summed E-state index contributed by atoms with van der Waals surface area (Å²) < 4.78 is 22.7. The van der Waals surface area contributed by atoms with Crippen molar-refractivity contribution in [3.63, 3.8) is 0 Å². The van der Waals surface area contributed by atoms with Gasteiger partial charge in [-0.2, -0.15) is 0 Å². The van der Waals surface area contributed by atoms with Crippen molar-refractivity contribution in [3.8, 4) is 23.0 Å². The first-order valence-electron chi connectivity index (χ1n) is 10.5. The van der Waals surface area contributed by atoms with Crippen LogP contribution < -0.4 is 18.9 Å². The average molecular weight is 420 g/mol. The van der Waals surface area contributed by atoms with E-state index in [0.29, 0.717) is 6.61 Å². The van der Waals surface area contributed by atoms with Gasteiger partial charge in [-0.15, -0.1) is 0 Å². The van der Waals surface area contributed by atoms with Crippen LogP contribution in [0.2, 0.25) is 0 Å². The van der Waals surface area contributed by atoms with Gasteiger partial charge in [0, 0.05) is 25.2 Å². The van der Waals surface area contributed by atoms with Gasteiger partial charge in [-0.1, -0.05) is 30.3 Å². The fourth-order valence-electron chi connectivity index (χ4n) is 4.01. The van der Waals surface area contributed by atoms with E-state index >= 15 is 0 Å². The molecule has 1 aliphatic heterocycles. The summed E-state index contributed by atoms with van der Waals surface area (Å²) in [6.45, 7) is 3.15. The van der Waals surface area contributed by atoms with Gasteiger partial charge in [0.25, 0.3) is 0 Å². The molecule has 0 amide bonds. The van der Waals surface area contributed by atoms with Gasteiger partial charge in [0.15, 0.2) is 11.5 Å². The second-order valence-corrected chi connectivity index (χ2v) is 7.68. The zero-order valence-electron chi connectivity index (χ0n) is 18.4. The van der Waals surface area contributed by atoms with Gasteiger partial charge in [-0.05, 0) is 53.4 Å². The minimum atomic E-state index is 0.526. The molecule has 0 aromatic heterocycles. The van der Waals surface area contributed by atoms with Crippen molar-refractivity contribution >= 4 is 0 Å². The summed E-state index contributed by atoms with van der Waals surface area (Å²) in [6, 6.07) is 20.4.